The van der Waals surface area contributed by atoms with Crippen LogP contribution in [0.2, 0.25) is 8.67 Å². The average Bonchev–Trinajstić information content (AvgIpc) is 3.08. The maximum atomic E-state index is 12.6. The third-order valence-corrected chi connectivity index (χ3v) is 8.51. The monoisotopic (exact) mass is 409 g/mol. The highest BCUT2D eigenvalue weighted by atomic mass is 35.5. The quantitative estimate of drug-likeness (QED) is 0.749. The molecule has 0 bridgehead atoms. The lowest BCUT2D eigenvalue weighted by Gasteiger charge is -2.19. The van der Waals surface area contributed by atoms with Gasteiger partial charge in [0.1, 0.15) is 4.34 Å². The van der Waals surface area contributed by atoms with Crippen molar-refractivity contribution in [2.75, 3.05) is 18.8 Å². The first-order valence-corrected chi connectivity index (χ1v) is 11.0. The molecule has 0 aromatic carbocycles. The molecule has 1 aliphatic rings. The molecule has 2 aromatic heterocycles. The molecule has 1 saturated heterocycles. The van der Waals surface area contributed by atoms with Gasteiger partial charge in [-0.15, -0.1) is 22.7 Å². The highest BCUT2D eigenvalue weighted by Gasteiger charge is 2.34. The highest BCUT2D eigenvalue weighted by molar-refractivity contribution is 7.91. The van der Waals surface area contributed by atoms with Gasteiger partial charge in [-0.1, -0.05) is 29.3 Å². The Morgan fingerprint density at radius 1 is 1.30 bits per heavy atom. The summed E-state index contributed by atoms with van der Waals surface area (Å²) in [6.07, 6.45) is 0.393. The summed E-state index contributed by atoms with van der Waals surface area (Å²) in [5.41, 5.74) is 0.341. The number of amides is 1. The molecule has 0 N–H and O–H groups in total. The molecule has 9 heteroatoms. The number of rotatable bonds is 2. The van der Waals surface area contributed by atoms with Crippen LogP contribution in [0, 0.1) is 0 Å². The molecule has 2 aromatic rings. The predicted molar refractivity (Wildman–Crippen MR) is 95.7 cm³/mol. The second kappa shape index (κ2) is 6.72. The van der Waals surface area contributed by atoms with Crippen molar-refractivity contribution in [3.63, 3.8) is 0 Å². The number of nitrogens with zero attached hydrogens (tertiary/aromatic N) is 1. The molecule has 3 rings (SSSR count). The van der Waals surface area contributed by atoms with E-state index in [0.717, 1.165) is 16.2 Å². The van der Waals surface area contributed by atoms with E-state index >= 15 is 0 Å². The minimum Gasteiger partial charge on any atom is -0.338 e. The standard InChI is InChI=1S/C14H13Cl2NO3S3/c15-12-8-9(13(16)22-12)14(18)17-4-3-11(10-2-1-6-21-10)23(19,20)7-5-17/h1-2,6,8,11H,3-5,7H2/t11-/m1/s1. The smallest absolute Gasteiger partial charge is 0.256 e. The number of hydrogen-bond acceptors (Lipinski definition) is 5. The molecule has 3 heterocycles. The van der Waals surface area contributed by atoms with Crippen LogP contribution in [0.5, 0.6) is 0 Å². The fourth-order valence-corrected chi connectivity index (χ4v) is 7.05. The van der Waals surface area contributed by atoms with Crippen LogP contribution in [-0.2, 0) is 9.84 Å². The van der Waals surface area contributed by atoms with Crippen molar-refractivity contribution in [3.8, 4) is 0 Å². The van der Waals surface area contributed by atoms with Gasteiger partial charge in [0, 0.05) is 18.0 Å². The van der Waals surface area contributed by atoms with E-state index in [4.69, 9.17) is 23.2 Å². The first-order chi connectivity index (χ1) is 10.9. The van der Waals surface area contributed by atoms with Crippen LogP contribution in [0.3, 0.4) is 0 Å². The Bertz CT molecular complexity index is 814. The number of carbonyl (C=O) groups is 1. The van der Waals surface area contributed by atoms with Crippen molar-refractivity contribution >= 4 is 61.6 Å². The Hall–Kier alpha value is -0.600. The van der Waals surface area contributed by atoms with E-state index in [0.29, 0.717) is 27.2 Å². The van der Waals surface area contributed by atoms with E-state index in [1.807, 2.05) is 17.5 Å². The maximum absolute atomic E-state index is 12.6. The molecule has 124 valence electrons. The lowest BCUT2D eigenvalue weighted by molar-refractivity contribution is 0.0767. The van der Waals surface area contributed by atoms with Gasteiger partial charge in [-0.3, -0.25) is 4.79 Å². The Morgan fingerprint density at radius 2 is 2.09 bits per heavy atom. The van der Waals surface area contributed by atoms with Crippen molar-refractivity contribution in [2.45, 2.75) is 11.7 Å². The minimum atomic E-state index is -3.28. The van der Waals surface area contributed by atoms with Gasteiger partial charge in [0.25, 0.3) is 5.91 Å². The maximum Gasteiger partial charge on any atom is 0.256 e. The minimum absolute atomic E-state index is 0.0448. The van der Waals surface area contributed by atoms with Crippen molar-refractivity contribution in [1.82, 2.24) is 4.90 Å². The topological polar surface area (TPSA) is 54.5 Å². The van der Waals surface area contributed by atoms with Crippen LogP contribution in [0.25, 0.3) is 0 Å². The van der Waals surface area contributed by atoms with Gasteiger partial charge in [-0.25, -0.2) is 8.42 Å². The summed E-state index contributed by atoms with van der Waals surface area (Å²) in [4.78, 5) is 15.0. The zero-order valence-electron chi connectivity index (χ0n) is 11.9. The Balaban J connectivity index is 1.83. The SMILES string of the molecule is O=C(c1cc(Cl)sc1Cl)N1CC[C@H](c2cccs2)S(=O)(=O)CC1. The zero-order valence-corrected chi connectivity index (χ0v) is 15.8. The fourth-order valence-electron chi connectivity index (χ4n) is 2.60. The molecule has 0 spiro atoms. The van der Waals surface area contributed by atoms with Crippen molar-refractivity contribution < 1.29 is 13.2 Å². The number of sulfone groups is 1. The van der Waals surface area contributed by atoms with E-state index < -0.39 is 15.1 Å². The third kappa shape index (κ3) is 3.58. The molecule has 1 fully saturated rings. The van der Waals surface area contributed by atoms with Crippen molar-refractivity contribution in [3.05, 3.63) is 42.7 Å². The van der Waals surface area contributed by atoms with Gasteiger partial charge in [0.2, 0.25) is 0 Å². The van der Waals surface area contributed by atoms with Crippen molar-refractivity contribution in [1.29, 1.82) is 0 Å². The van der Waals surface area contributed by atoms with Crippen LogP contribution in [0.1, 0.15) is 26.9 Å². The van der Waals surface area contributed by atoms with Crippen LogP contribution < -0.4 is 0 Å². The van der Waals surface area contributed by atoms with E-state index in [1.54, 1.807) is 4.90 Å². The van der Waals surface area contributed by atoms with E-state index in [2.05, 4.69) is 0 Å². The molecular weight excluding hydrogens is 397 g/mol. The molecular formula is C14H13Cl2NO3S3. The summed E-state index contributed by atoms with van der Waals surface area (Å²) >= 11 is 14.5. The molecule has 1 aliphatic heterocycles. The van der Waals surface area contributed by atoms with E-state index in [-0.39, 0.29) is 18.2 Å². The second-order valence-electron chi connectivity index (χ2n) is 5.19. The van der Waals surface area contributed by atoms with Crippen molar-refractivity contribution in [2.24, 2.45) is 0 Å². The first kappa shape index (κ1) is 17.2. The van der Waals surface area contributed by atoms with Gasteiger partial charge in [-0.05, 0) is 23.9 Å². The Morgan fingerprint density at radius 3 is 2.70 bits per heavy atom. The molecule has 1 atom stereocenters. The van der Waals surface area contributed by atoms with Gasteiger partial charge in [0.15, 0.2) is 9.84 Å². The van der Waals surface area contributed by atoms with Crippen LogP contribution >= 0.6 is 45.9 Å². The third-order valence-electron chi connectivity index (χ3n) is 3.78. The average molecular weight is 410 g/mol. The molecule has 0 saturated carbocycles. The van der Waals surface area contributed by atoms with Gasteiger partial charge in [0.05, 0.1) is 20.9 Å². The van der Waals surface area contributed by atoms with Crippen LogP contribution in [-0.4, -0.2) is 38.1 Å². The summed E-state index contributed by atoms with van der Waals surface area (Å²) in [5.74, 6) is -0.309. The van der Waals surface area contributed by atoms with Crippen LogP contribution in [0.4, 0.5) is 0 Å². The molecule has 4 nitrogen and oxygen atoms in total. The number of carbonyl (C=O) groups excluding carboxylic acids is 1. The Labute approximate surface area is 152 Å². The first-order valence-electron chi connectivity index (χ1n) is 6.87. The summed E-state index contributed by atoms with van der Waals surface area (Å²) in [6, 6.07) is 5.21. The van der Waals surface area contributed by atoms with Gasteiger partial charge >= 0.3 is 0 Å². The molecule has 0 aliphatic carbocycles. The predicted octanol–water partition coefficient (Wildman–Crippen LogP) is 4.12. The second-order valence-corrected chi connectivity index (χ2v) is 10.8. The summed E-state index contributed by atoms with van der Waals surface area (Å²) in [7, 11) is -3.28. The van der Waals surface area contributed by atoms with Crippen LogP contribution in [0.15, 0.2) is 23.6 Å². The summed E-state index contributed by atoms with van der Waals surface area (Å²) in [5, 5.41) is 1.33. The molecule has 23 heavy (non-hydrogen) atoms. The highest BCUT2D eigenvalue weighted by Crippen LogP contribution is 2.35. The molecule has 0 radical (unpaired) electrons. The number of hydrogen-bond donors (Lipinski definition) is 0. The largest absolute Gasteiger partial charge is 0.338 e. The zero-order chi connectivity index (χ0) is 16.6. The fraction of sp³-hybridized carbons (Fsp3) is 0.357. The summed E-state index contributed by atoms with van der Waals surface area (Å²) < 4.78 is 25.8. The summed E-state index contributed by atoms with van der Waals surface area (Å²) in [6.45, 7) is 0.553. The van der Waals surface area contributed by atoms with Gasteiger partial charge < -0.3 is 4.90 Å². The van der Waals surface area contributed by atoms with E-state index in [1.165, 1.54) is 17.4 Å². The number of halogens is 2. The lowest BCUT2D eigenvalue weighted by atomic mass is 10.2. The molecule has 1 amide bonds. The van der Waals surface area contributed by atoms with E-state index in [9.17, 15) is 13.2 Å². The Kier molecular flexibility index (Phi) is 5.04. The number of thiophene rings is 2. The lowest BCUT2D eigenvalue weighted by Crippen LogP contribution is -2.33. The van der Waals surface area contributed by atoms with Gasteiger partial charge in [-0.2, -0.15) is 0 Å². The normalized spacial score (nSPS) is 21.1. The molecule has 0 unspecified atom stereocenters.